The summed E-state index contributed by atoms with van der Waals surface area (Å²) < 4.78 is 1.75. The summed E-state index contributed by atoms with van der Waals surface area (Å²) in [5.74, 6) is 5.69. The Morgan fingerprint density at radius 2 is 2.17 bits per heavy atom. The Bertz CT molecular complexity index is 560. The van der Waals surface area contributed by atoms with Crippen LogP contribution in [0.1, 0.15) is 34.8 Å². The summed E-state index contributed by atoms with van der Waals surface area (Å²) in [5.41, 5.74) is 7.91. The fourth-order valence-electron chi connectivity index (χ4n) is 2.68. The Morgan fingerprint density at radius 1 is 1.33 bits per heavy atom. The highest BCUT2D eigenvalue weighted by atomic mass is 15.4. The van der Waals surface area contributed by atoms with Gasteiger partial charge in [0.2, 0.25) is 0 Å². The second-order valence-electron chi connectivity index (χ2n) is 4.76. The summed E-state index contributed by atoms with van der Waals surface area (Å²) in [4.78, 5) is 0. The first kappa shape index (κ1) is 11.4. The molecule has 1 heterocycles. The zero-order valence-electron chi connectivity index (χ0n) is 10.4. The molecular weight excluding hydrogens is 226 g/mol. The summed E-state index contributed by atoms with van der Waals surface area (Å²) in [6.45, 7) is 0. The highest BCUT2D eigenvalue weighted by Crippen LogP contribution is 2.27. The van der Waals surface area contributed by atoms with Gasteiger partial charge in [-0.05, 0) is 36.0 Å². The average molecular weight is 243 g/mol. The maximum absolute atomic E-state index is 5.69. The van der Waals surface area contributed by atoms with Crippen LogP contribution in [-0.2, 0) is 19.9 Å². The molecule has 0 saturated carbocycles. The molecule has 0 radical (unpaired) electrons. The number of aryl methyl sites for hydroxylation is 3. The van der Waals surface area contributed by atoms with Crippen molar-refractivity contribution in [1.29, 1.82) is 0 Å². The Kier molecular flexibility index (Phi) is 2.85. The molecule has 18 heavy (non-hydrogen) atoms. The number of benzene rings is 1. The molecule has 0 aliphatic heterocycles. The van der Waals surface area contributed by atoms with E-state index in [9.17, 15) is 0 Å². The van der Waals surface area contributed by atoms with E-state index >= 15 is 0 Å². The number of hydrazine groups is 1. The van der Waals surface area contributed by atoms with E-state index in [0.717, 1.165) is 5.69 Å². The van der Waals surface area contributed by atoms with Crippen molar-refractivity contribution in [2.45, 2.75) is 25.3 Å². The molecule has 0 amide bonds. The van der Waals surface area contributed by atoms with Gasteiger partial charge in [-0.25, -0.2) is 5.43 Å². The Morgan fingerprint density at radius 3 is 2.89 bits per heavy atom. The monoisotopic (exact) mass is 243 g/mol. The molecule has 0 spiro atoms. The van der Waals surface area contributed by atoms with Gasteiger partial charge in [0.15, 0.2) is 0 Å². The van der Waals surface area contributed by atoms with Crippen molar-refractivity contribution < 1.29 is 0 Å². The summed E-state index contributed by atoms with van der Waals surface area (Å²) in [5, 5.41) is 7.86. The van der Waals surface area contributed by atoms with Crippen molar-refractivity contribution in [3.8, 4) is 0 Å². The predicted molar refractivity (Wildman–Crippen MR) is 68.6 cm³/mol. The quantitative estimate of drug-likeness (QED) is 0.619. The number of rotatable bonds is 3. The molecule has 5 nitrogen and oxygen atoms in total. The van der Waals surface area contributed by atoms with E-state index in [0.29, 0.717) is 0 Å². The molecule has 1 aromatic carbocycles. The summed E-state index contributed by atoms with van der Waals surface area (Å²) in [6.07, 6.45) is 5.37. The van der Waals surface area contributed by atoms with Gasteiger partial charge in [-0.1, -0.05) is 23.4 Å². The van der Waals surface area contributed by atoms with Gasteiger partial charge in [-0.15, -0.1) is 5.10 Å². The average Bonchev–Trinajstić information content (AvgIpc) is 2.99. The van der Waals surface area contributed by atoms with Crippen LogP contribution < -0.4 is 11.3 Å². The first-order valence-corrected chi connectivity index (χ1v) is 6.22. The van der Waals surface area contributed by atoms with Crippen LogP contribution in [0.2, 0.25) is 0 Å². The first-order valence-electron chi connectivity index (χ1n) is 6.22. The third kappa shape index (κ3) is 1.81. The van der Waals surface area contributed by atoms with E-state index in [1.54, 1.807) is 10.9 Å². The lowest BCUT2D eigenvalue weighted by molar-refractivity contribution is 0.570. The molecule has 1 unspecified atom stereocenters. The lowest BCUT2D eigenvalue weighted by atomic mass is 9.99. The largest absolute Gasteiger partial charge is 0.271 e. The standard InChI is InChI=1S/C13H17N5/c1-18-12(8-15-17-18)13(16-14)11-6-5-9-3-2-4-10(9)7-11/h5-8,13,16H,2-4,14H2,1H3. The molecule has 94 valence electrons. The number of nitrogens with two attached hydrogens (primary N) is 1. The molecular formula is C13H17N5. The molecule has 0 bridgehead atoms. The molecule has 1 aliphatic carbocycles. The van der Waals surface area contributed by atoms with Crippen molar-refractivity contribution in [2.24, 2.45) is 12.9 Å². The second kappa shape index (κ2) is 4.51. The first-order chi connectivity index (χ1) is 8.79. The minimum absolute atomic E-state index is 0.0594. The maximum atomic E-state index is 5.69. The zero-order chi connectivity index (χ0) is 12.5. The zero-order valence-corrected chi connectivity index (χ0v) is 10.4. The number of nitrogens with zero attached hydrogens (tertiary/aromatic N) is 3. The fraction of sp³-hybridized carbons (Fsp3) is 0.385. The van der Waals surface area contributed by atoms with Crippen LogP contribution >= 0.6 is 0 Å². The highest BCUT2D eigenvalue weighted by Gasteiger charge is 2.19. The summed E-state index contributed by atoms with van der Waals surface area (Å²) >= 11 is 0. The number of hydrogen-bond donors (Lipinski definition) is 2. The molecule has 1 aliphatic rings. The van der Waals surface area contributed by atoms with Gasteiger partial charge in [0, 0.05) is 7.05 Å². The molecule has 2 aromatic rings. The normalized spacial score (nSPS) is 15.7. The van der Waals surface area contributed by atoms with Gasteiger partial charge in [0.1, 0.15) is 0 Å². The minimum atomic E-state index is -0.0594. The van der Waals surface area contributed by atoms with Crippen LogP contribution in [0, 0.1) is 0 Å². The van der Waals surface area contributed by atoms with Crippen molar-refractivity contribution in [2.75, 3.05) is 0 Å². The van der Waals surface area contributed by atoms with Crippen LogP contribution in [-0.4, -0.2) is 15.0 Å². The van der Waals surface area contributed by atoms with E-state index in [1.165, 1.54) is 36.0 Å². The second-order valence-corrected chi connectivity index (χ2v) is 4.76. The highest BCUT2D eigenvalue weighted by molar-refractivity contribution is 5.38. The van der Waals surface area contributed by atoms with Gasteiger partial charge < -0.3 is 0 Å². The number of aromatic nitrogens is 3. The smallest absolute Gasteiger partial charge is 0.0894 e. The van der Waals surface area contributed by atoms with Crippen LogP contribution in [0.25, 0.3) is 0 Å². The van der Waals surface area contributed by atoms with Crippen molar-refractivity contribution in [3.05, 3.63) is 46.8 Å². The molecule has 3 rings (SSSR count). The lowest BCUT2D eigenvalue weighted by Crippen LogP contribution is -2.30. The van der Waals surface area contributed by atoms with Crippen LogP contribution in [0.15, 0.2) is 24.4 Å². The van der Waals surface area contributed by atoms with Crippen molar-refractivity contribution in [3.63, 3.8) is 0 Å². The summed E-state index contributed by atoms with van der Waals surface area (Å²) in [6, 6.07) is 6.55. The molecule has 3 N–H and O–H groups in total. The molecule has 0 saturated heterocycles. The number of fused-ring (bicyclic) bond motifs is 1. The van der Waals surface area contributed by atoms with Crippen LogP contribution in [0.3, 0.4) is 0 Å². The van der Waals surface area contributed by atoms with Crippen molar-refractivity contribution >= 4 is 0 Å². The third-order valence-electron chi connectivity index (χ3n) is 3.67. The van der Waals surface area contributed by atoms with E-state index in [-0.39, 0.29) is 6.04 Å². The topological polar surface area (TPSA) is 68.8 Å². The van der Waals surface area contributed by atoms with E-state index < -0.39 is 0 Å². The lowest BCUT2D eigenvalue weighted by Gasteiger charge is -2.17. The minimum Gasteiger partial charge on any atom is -0.271 e. The van der Waals surface area contributed by atoms with Crippen LogP contribution in [0.5, 0.6) is 0 Å². The third-order valence-corrected chi connectivity index (χ3v) is 3.67. The van der Waals surface area contributed by atoms with E-state index in [4.69, 9.17) is 5.84 Å². The number of nitrogens with one attached hydrogen (secondary N) is 1. The van der Waals surface area contributed by atoms with E-state index in [2.05, 4.69) is 33.9 Å². The Balaban J connectivity index is 2.00. The predicted octanol–water partition coefficient (Wildman–Crippen LogP) is 0.856. The van der Waals surface area contributed by atoms with Crippen molar-refractivity contribution in [1.82, 2.24) is 20.4 Å². The van der Waals surface area contributed by atoms with Gasteiger partial charge in [0.25, 0.3) is 0 Å². The maximum Gasteiger partial charge on any atom is 0.0894 e. The molecule has 0 fully saturated rings. The Hall–Kier alpha value is -1.72. The van der Waals surface area contributed by atoms with Gasteiger partial charge in [-0.2, -0.15) is 0 Å². The Labute approximate surface area is 106 Å². The van der Waals surface area contributed by atoms with E-state index in [1.807, 2.05) is 7.05 Å². The van der Waals surface area contributed by atoms with Gasteiger partial charge in [-0.3, -0.25) is 10.5 Å². The number of hydrogen-bond acceptors (Lipinski definition) is 4. The molecule has 5 heteroatoms. The fourth-order valence-corrected chi connectivity index (χ4v) is 2.68. The SMILES string of the molecule is Cn1nncc1C(NN)c1ccc2c(c1)CCC2. The summed E-state index contributed by atoms with van der Waals surface area (Å²) in [7, 11) is 1.88. The van der Waals surface area contributed by atoms with Gasteiger partial charge >= 0.3 is 0 Å². The van der Waals surface area contributed by atoms with Crippen LogP contribution in [0.4, 0.5) is 0 Å². The molecule has 1 atom stereocenters. The molecule has 1 aromatic heterocycles. The van der Waals surface area contributed by atoms with Gasteiger partial charge in [0.05, 0.1) is 17.9 Å².